The number of imidazole rings is 1. The van der Waals surface area contributed by atoms with E-state index in [1.165, 1.54) is 0 Å². The Bertz CT molecular complexity index is 543. The summed E-state index contributed by atoms with van der Waals surface area (Å²) >= 11 is 0. The van der Waals surface area contributed by atoms with Gasteiger partial charge in [-0.2, -0.15) is 0 Å². The molecule has 0 bridgehead atoms. The Morgan fingerprint density at radius 1 is 1.32 bits per heavy atom. The van der Waals surface area contributed by atoms with E-state index < -0.39 is 0 Å². The number of amides is 1. The molecule has 3 N–H and O–H groups in total. The first-order valence-corrected chi connectivity index (χ1v) is 6.72. The molecule has 7 heteroatoms. The van der Waals surface area contributed by atoms with Gasteiger partial charge in [0.2, 0.25) is 0 Å². The van der Waals surface area contributed by atoms with Crippen molar-refractivity contribution in [3.8, 4) is 0 Å². The Hall–Kier alpha value is -1.56. The molecule has 5 nitrogen and oxygen atoms in total. The second-order valence-corrected chi connectivity index (χ2v) is 4.98. The number of nitrogens with two attached hydrogens (primary N) is 1. The summed E-state index contributed by atoms with van der Waals surface area (Å²) in [6.45, 7) is 4.06. The van der Waals surface area contributed by atoms with Gasteiger partial charge in [0.25, 0.3) is 5.91 Å². The van der Waals surface area contributed by atoms with Crippen molar-refractivity contribution in [2.75, 3.05) is 6.54 Å². The van der Waals surface area contributed by atoms with Crippen LogP contribution in [0.3, 0.4) is 0 Å². The third-order valence-electron chi connectivity index (χ3n) is 3.14. The van der Waals surface area contributed by atoms with Gasteiger partial charge in [0, 0.05) is 37.6 Å². The molecule has 0 saturated heterocycles. The van der Waals surface area contributed by atoms with Crippen LogP contribution in [-0.2, 0) is 13.1 Å². The van der Waals surface area contributed by atoms with E-state index in [0.29, 0.717) is 24.6 Å². The van der Waals surface area contributed by atoms with Gasteiger partial charge >= 0.3 is 0 Å². The maximum Gasteiger partial charge on any atom is 0.251 e. The van der Waals surface area contributed by atoms with Gasteiger partial charge in [-0.15, -0.1) is 24.8 Å². The Labute approximate surface area is 143 Å². The van der Waals surface area contributed by atoms with Crippen LogP contribution in [0.4, 0.5) is 0 Å². The Balaban J connectivity index is 0.00000220. The molecule has 1 atom stereocenters. The Morgan fingerprint density at radius 3 is 2.55 bits per heavy atom. The molecule has 1 aromatic carbocycles. The van der Waals surface area contributed by atoms with Crippen LogP contribution in [0.15, 0.2) is 43.0 Å². The summed E-state index contributed by atoms with van der Waals surface area (Å²) < 4.78 is 2.01. The molecule has 1 unspecified atom stereocenters. The third kappa shape index (κ3) is 6.05. The van der Waals surface area contributed by atoms with Crippen LogP contribution in [0.25, 0.3) is 0 Å². The highest BCUT2D eigenvalue weighted by molar-refractivity contribution is 5.94. The highest BCUT2D eigenvalue weighted by Gasteiger charge is 2.08. The smallest absolute Gasteiger partial charge is 0.251 e. The maximum atomic E-state index is 12.0. The van der Waals surface area contributed by atoms with Crippen LogP contribution in [-0.4, -0.2) is 22.0 Å². The van der Waals surface area contributed by atoms with Crippen molar-refractivity contribution in [1.82, 2.24) is 14.9 Å². The molecule has 1 amide bonds. The monoisotopic (exact) mass is 344 g/mol. The minimum absolute atomic E-state index is 0. The zero-order valence-corrected chi connectivity index (χ0v) is 14.1. The molecule has 1 heterocycles. The number of carbonyl (C=O) groups is 1. The average Bonchev–Trinajstić information content (AvgIpc) is 2.97. The number of hydrogen-bond donors (Lipinski definition) is 2. The van der Waals surface area contributed by atoms with Crippen molar-refractivity contribution in [1.29, 1.82) is 0 Å². The van der Waals surface area contributed by atoms with E-state index in [-0.39, 0.29) is 30.7 Å². The zero-order chi connectivity index (χ0) is 14.4. The molecule has 2 aromatic rings. The number of hydrogen-bond acceptors (Lipinski definition) is 3. The molecule has 2 rings (SSSR count). The van der Waals surface area contributed by atoms with Crippen LogP contribution >= 0.6 is 24.8 Å². The maximum absolute atomic E-state index is 12.0. The molecule has 0 aliphatic rings. The second kappa shape index (κ2) is 10.2. The van der Waals surface area contributed by atoms with E-state index >= 15 is 0 Å². The number of nitrogens with zero attached hydrogens (tertiary/aromatic N) is 2. The van der Waals surface area contributed by atoms with E-state index in [1.807, 2.05) is 22.9 Å². The lowest BCUT2D eigenvalue weighted by atomic mass is 10.1. The first kappa shape index (κ1) is 20.4. The van der Waals surface area contributed by atoms with Crippen LogP contribution in [0, 0.1) is 5.92 Å². The van der Waals surface area contributed by atoms with Crippen LogP contribution in [0.2, 0.25) is 0 Å². The number of aromatic nitrogens is 2. The van der Waals surface area contributed by atoms with E-state index in [9.17, 15) is 4.79 Å². The fourth-order valence-corrected chi connectivity index (χ4v) is 1.98. The SMILES string of the molecule is CC(CNC(=O)c1ccc(CN)cc1)Cn1ccnc1.Cl.Cl. The highest BCUT2D eigenvalue weighted by atomic mass is 35.5. The molecule has 1 aromatic heterocycles. The lowest BCUT2D eigenvalue weighted by Gasteiger charge is -2.13. The van der Waals surface area contributed by atoms with Crippen molar-refractivity contribution >= 4 is 30.7 Å². The first-order valence-electron chi connectivity index (χ1n) is 6.72. The van der Waals surface area contributed by atoms with Crippen LogP contribution in [0.1, 0.15) is 22.8 Å². The quantitative estimate of drug-likeness (QED) is 0.843. The van der Waals surface area contributed by atoms with Gasteiger partial charge in [-0.3, -0.25) is 4.79 Å². The van der Waals surface area contributed by atoms with Crippen LogP contribution in [0.5, 0.6) is 0 Å². The average molecular weight is 345 g/mol. The van der Waals surface area contributed by atoms with Crippen molar-refractivity contribution < 1.29 is 4.79 Å². The normalized spacial score (nSPS) is 11.0. The van der Waals surface area contributed by atoms with Gasteiger partial charge in [-0.05, 0) is 23.6 Å². The van der Waals surface area contributed by atoms with E-state index in [0.717, 1.165) is 12.1 Å². The summed E-state index contributed by atoms with van der Waals surface area (Å²) in [5.41, 5.74) is 7.22. The minimum Gasteiger partial charge on any atom is -0.352 e. The zero-order valence-electron chi connectivity index (χ0n) is 12.4. The fraction of sp³-hybridized carbons (Fsp3) is 0.333. The summed E-state index contributed by atoms with van der Waals surface area (Å²) in [5.74, 6) is 0.294. The molecule has 0 aliphatic heterocycles. The number of nitrogens with one attached hydrogen (secondary N) is 1. The fourth-order valence-electron chi connectivity index (χ4n) is 1.98. The van der Waals surface area contributed by atoms with Crippen molar-refractivity contribution in [3.05, 3.63) is 54.1 Å². The number of rotatable bonds is 6. The summed E-state index contributed by atoms with van der Waals surface area (Å²) in [6.07, 6.45) is 5.46. The standard InChI is InChI=1S/C15H20N4O.2ClH/c1-12(10-19-7-6-17-11-19)9-18-15(20)14-4-2-13(8-16)3-5-14;;/h2-7,11-12H,8-10,16H2,1H3,(H,18,20);2*1H. The van der Waals surface area contributed by atoms with E-state index in [4.69, 9.17) is 5.73 Å². The summed E-state index contributed by atoms with van der Waals surface area (Å²) in [5, 5.41) is 2.94. The number of benzene rings is 1. The molecule has 122 valence electrons. The van der Waals surface area contributed by atoms with Gasteiger partial charge in [0.05, 0.1) is 6.33 Å². The summed E-state index contributed by atoms with van der Waals surface area (Å²) in [7, 11) is 0. The first-order chi connectivity index (χ1) is 9.69. The van der Waals surface area contributed by atoms with Crippen molar-refractivity contribution in [2.45, 2.75) is 20.0 Å². The second-order valence-electron chi connectivity index (χ2n) is 4.98. The molecular weight excluding hydrogens is 323 g/mol. The van der Waals surface area contributed by atoms with E-state index in [1.54, 1.807) is 24.7 Å². The number of halogens is 2. The van der Waals surface area contributed by atoms with Crippen LogP contribution < -0.4 is 11.1 Å². The molecule has 0 fully saturated rings. The van der Waals surface area contributed by atoms with Crippen molar-refractivity contribution in [2.24, 2.45) is 11.7 Å². The Kier molecular flexibility index (Phi) is 9.49. The minimum atomic E-state index is -0.0500. The van der Waals surface area contributed by atoms with E-state index in [2.05, 4.69) is 17.2 Å². The molecule has 0 aliphatic carbocycles. The highest BCUT2D eigenvalue weighted by Crippen LogP contribution is 2.04. The topological polar surface area (TPSA) is 72.9 Å². The molecule has 0 saturated carbocycles. The van der Waals surface area contributed by atoms with Gasteiger partial charge in [-0.1, -0.05) is 19.1 Å². The predicted octanol–water partition coefficient (Wildman–Crippen LogP) is 2.25. The largest absolute Gasteiger partial charge is 0.352 e. The lowest BCUT2D eigenvalue weighted by molar-refractivity contribution is 0.0947. The molecule has 22 heavy (non-hydrogen) atoms. The van der Waals surface area contributed by atoms with Gasteiger partial charge in [0.15, 0.2) is 0 Å². The molecular formula is C15H22Cl2N4O. The van der Waals surface area contributed by atoms with Gasteiger partial charge in [-0.25, -0.2) is 4.98 Å². The van der Waals surface area contributed by atoms with Gasteiger partial charge in [0.1, 0.15) is 0 Å². The summed E-state index contributed by atoms with van der Waals surface area (Å²) in [6, 6.07) is 7.36. The predicted molar refractivity (Wildman–Crippen MR) is 92.6 cm³/mol. The van der Waals surface area contributed by atoms with Gasteiger partial charge < -0.3 is 15.6 Å². The number of carbonyl (C=O) groups excluding carboxylic acids is 1. The summed E-state index contributed by atoms with van der Waals surface area (Å²) in [4.78, 5) is 16.0. The third-order valence-corrected chi connectivity index (χ3v) is 3.14. The Morgan fingerprint density at radius 2 is 2.00 bits per heavy atom. The van der Waals surface area contributed by atoms with Crippen molar-refractivity contribution in [3.63, 3.8) is 0 Å². The lowest BCUT2D eigenvalue weighted by Crippen LogP contribution is -2.29. The molecule has 0 radical (unpaired) electrons. The molecule has 0 spiro atoms.